The van der Waals surface area contributed by atoms with Crippen molar-refractivity contribution >= 4 is 29.6 Å². The van der Waals surface area contributed by atoms with E-state index >= 15 is 0 Å². The molecular weight excluding hydrogens is 396 g/mol. The summed E-state index contributed by atoms with van der Waals surface area (Å²) in [6.45, 7) is 3.92. The lowest BCUT2D eigenvalue weighted by Crippen LogP contribution is -2.44. The highest BCUT2D eigenvalue weighted by atomic mass is 32.2. The summed E-state index contributed by atoms with van der Waals surface area (Å²) < 4.78 is 15.4. The Morgan fingerprint density at radius 1 is 1.24 bits per heavy atom. The summed E-state index contributed by atoms with van der Waals surface area (Å²) in [6, 6.07) is 9.01. The third-order valence-corrected chi connectivity index (χ3v) is 5.18. The Kier molecular flexibility index (Phi) is 8.09. The minimum absolute atomic E-state index is 0.0952. The van der Waals surface area contributed by atoms with Gasteiger partial charge in [-0.3, -0.25) is 14.4 Å². The molecule has 1 aliphatic rings. The summed E-state index contributed by atoms with van der Waals surface area (Å²) in [7, 11) is 1.25. The van der Waals surface area contributed by atoms with E-state index in [4.69, 9.17) is 9.47 Å². The van der Waals surface area contributed by atoms with Crippen molar-refractivity contribution in [3.05, 3.63) is 40.4 Å². The number of methoxy groups -OCH3 is 1. The molecule has 8 nitrogen and oxygen atoms in total. The molecule has 0 saturated carbocycles. The second-order valence-corrected chi connectivity index (χ2v) is 6.87. The zero-order chi connectivity index (χ0) is 21.4. The quantitative estimate of drug-likeness (QED) is 0.504. The van der Waals surface area contributed by atoms with Crippen LogP contribution in [-0.2, 0) is 23.9 Å². The van der Waals surface area contributed by atoms with Gasteiger partial charge in [0.2, 0.25) is 5.91 Å². The molecule has 2 atom stereocenters. The van der Waals surface area contributed by atoms with Gasteiger partial charge in [0.15, 0.2) is 0 Å². The third-order valence-electron chi connectivity index (χ3n) is 4.19. The summed E-state index contributed by atoms with van der Waals surface area (Å²) in [5.41, 5.74) is 0.679. The molecule has 1 aromatic carbocycles. The number of hydrogen-bond donors (Lipinski definition) is 1. The Labute approximate surface area is 173 Å². The van der Waals surface area contributed by atoms with Crippen LogP contribution in [0.15, 0.2) is 34.9 Å². The maximum absolute atomic E-state index is 12.8. The van der Waals surface area contributed by atoms with Crippen LogP contribution in [0.3, 0.4) is 0 Å². The number of para-hydroxylation sites is 1. The van der Waals surface area contributed by atoms with E-state index in [-0.39, 0.29) is 23.0 Å². The SMILES string of the molecule is CCOC(=O)[C@H]1C(=O)NC(SCC(=O)OC)=C(C#N)[C@@H]1c1ccccc1OCC. The van der Waals surface area contributed by atoms with Gasteiger partial charge in [0, 0.05) is 11.5 Å². The van der Waals surface area contributed by atoms with Crippen LogP contribution in [0.2, 0.25) is 0 Å². The molecular formula is C20H22N2O6S. The number of benzene rings is 1. The molecule has 0 fully saturated rings. The van der Waals surface area contributed by atoms with E-state index in [0.717, 1.165) is 11.8 Å². The zero-order valence-electron chi connectivity index (χ0n) is 16.4. The van der Waals surface area contributed by atoms with Gasteiger partial charge >= 0.3 is 11.9 Å². The standard InChI is InChI=1S/C20H22N2O6S/c1-4-27-14-9-7-6-8-12(14)16-13(10-21)19(29-11-15(23)26-3)22-18(24)17(16)20(25)28-5-2/h6-9,16-17H,4-5,11H2,1-3H3,(H,22,24)/t16-,17+/m0/s1. The summed E-state index contributed by atoms with van der Waals surface area (Å²) in [4.78, 5) is 37.0. The number of hydrogen-bond acceptors (Lipinski definition) is 8. The molecule has 9 heteroatoms. The summed E-state index contributed by atoms with van der Waals surface area (Å²) in [6.07, 6.45) is 0. The van der Waals surface area contributed by atoms with Crippen LogP contribution < -0.4 is 10.1 Å². The number of nitrogens with one attached hydrogen (secondary N) is 1. The summed E-state index contributed by atoms with van der Waals surface area (Å²) in [5.74, 6) is -3.63. The molecule has 1 amide bonds. The van der Waals surface area contributed by atoms with Gasteiger partial charge in [0.25, 0.3) is 0 Å². The number of nitrogens with zero attached hydrogens (tertiary/aromatic N) is 1. The van der Waals surface area contributed by atoms with Crippen LogP contribution in [0.1, 0.15) is 25.3 Å². The van der Waals surface area contributed by atoms with Gasteiger partial charge in [0.1, 0.15) is 11.7 Å². The van der Waals surface area contributed by atoms with Gasteiger partial charge in [-0.1, -0.05) is 30.0 Å². The van der Waals surface area contributed by atoms with E-state index in [9.17, 15) is 19.6 Å². The maximum atomic E-state index is 12.8. The molecule has 154 valence electrons. The first-order valence-corrected chi connectivity index (χ1v) is 10.00. The van der Waals surface area contributed by atoms with Gasteiger partial charge in [-0.15, -0.1) is 0 Å². The largest absolute Gasteiger partial charge is 0.494 e. The fourth-order valence-electron chi connectivity index (χ4n) is 2.98. The molecule has 1 N–H and O–H groups in total. The minimum atomic E-state index is -1.26. The number of amides is 1. The smallest absolute Gasteiger partial charge is 0.319 e. The fraction of sp³-hybridized carbons (Fsp3) is 0.400. The highest BCUT2D eigenvalue weighted by molar-refractivity contribution is 8.03. The zero-order valence-corrected chi connectivity index (χ0v) is 17.2. The van der Waals surface area contributed by atoms with Crippen LogP contribution in [0.4, 0.5) is 0 Å². The average molecular weight is 418 g/mol. The molecule has 0 aliphatic carbocycles. The molecule has 2 rings (SSSR count). The van der Waals surface area contributed by atoms with Crippen molar-refractivity contribution in [1.82, 2.24) is 5.32 Å². The monoisotopic (exact) mass is 418 g/mol. The van der Waals surface area contributed by atoms with E-state index in [1.54, 1.807) is 31.2 Å². The number of carbonyl (C=O) groups excluding carboxylic acids is 3. The predicted molar refractivity (Wildman–Crippen MR) is 106 cm³/mol. The minimum Gasteiger partial charge on any atom is -0.494 e. The molecule has 1 aliphatic heterocycles. The molecule has 0 aromatic heterocycles. The molecule has 0 radical (unpaired) electrons. The van der Waals surface area contributed by atoms with E-state index in [1.165, 1.54) is 7.11 Å². The van der Waals surface area contributed by atoms with Crippen LogP contribution in [0.5, 0.6) is 5.75 Å². The van der Waals surface area contributed by atoms with Crippen molar-refractivity contribution in [3.63, 3.8) is 0 Å². The second kappa shape index (κ2) is 10.5. The summed E-state index contributed by atoms with van der Waals surface area (Å²) >= 11 is 0.969. The molecule has 1 heterocycles. The Hall–Kier alpha value is -2.99. The van der Waals surface area contributed by atoms with Crippen molar-refractivity contribution in [3.8, 4) is 11.8 Å². The average Bonchev–Trinajstić information content (AvgIpc) is 2.72. The first-order valence-electron chi connectivity index (χ1n) is 9.01. The van der Waals surface area contributed by atoms with Gasteiger partial charge in [-0.05, 0) is 19.9 Å². The number of rotatable bonds is 8. The summed E-state index contributed by atoms with van der Waals surface area (Å²) in [5, 5.41) is 12.6. The number of esters is 2. The van der Waals surface area contributed by atoms with Crippen LogP contribution in [-0.4, -0.2) is 43.9 Å². The molecule has 1 aromatic rings. The third kappa shape index (κ3) is 5.09. The Morgan fingerprint density at radius 3 is 2.59 bits per heavy atom. The fourth-order valence-corrected chi connectivity index (χ4v) is 3.86. The molecule has 0 bridgehead atoms. The van der Waals surface area contributed by atoms with Crippen LogP contribution >= 0.6 is 11.8 Å². The lowest BCUT2D eigenvalue weighted by molar-refractivity contribution is -0.153. The molecule has 0 saturated heterocycles. The molecule has 0 spiro atoms. The van der Waals surface area contributed by atoms with E-state index in [2.05, 4.69) is 16.1 Å². The number of carbonyl (C=O) groups is 3. The highest BCUT2D eigenvalue weighted by Crippen LogP contribution is 2.43. The lowest BCUT2D eigenvalue weighted by Gasteiger charge is -2.31. The Bertz CT molecular complexity index is 861. The van der Waals surface area contributed by atoms with E-state index in [0.29, 0.717) is 17.9 Å². The van der Waals surface area contributed by atoms with E-state index < -0.39 is 29.7 Å². The van der Waals surface area contributed by atoms with Gasteiger partial charge in [-0.2, -0.15) is 5.26 Å². The van der Waals surface area contributed by atoms with Crippen LogP contribution in [0.25, 0.3) is 0 Å². The Balaban J connectivity index is 2.61. The first-order chi connectivity index (χ1) is 14.0. The number of allylic oxidation sites excluding steroid dienone is 1. The van der Waals surface area contributed by atoms with E-state index in [1.807, 2.05) is 6.92 Å². The van der Waals surface area contributed by atoms with Crippen molar-refractivity contribution in [2.75, 3.05) is 26.1 Å². The topological polar surface area (TPSA) is 115 Å². The Morgan fingerprint density at radius 2 is 1.97 bits per heavy atom. The van der Waals surface area contributed by atoms with Crippen molar-refractivity contribution in [2.24, 2.45) is 5.92 Å². The number of thioether (sulfide) groups is 1. The van der Waals surface area contributed by atoms with Gasteiger partial charge < -0.3 is 19.5 Å². The maximum Gasteiger partial charge on any atom is 0.319 e. The first kappa shape index (κ1) is 22.3. The second-order valence-electron chi connectivity index (χ2n) is 5.89. The van der Waals surface area contributed by atoms with Gasteiger partial charge in [0.05, 0.1) is 42.7 Å². The van der Waals surface area contributed by atoms with Crippen molar-refractivity contribution in [1.29, 1.82) is 5.26 Å². The predicted octanol–water partition coefficient (Wildman–Crippen LogP) is 2.12. The highest BCUT2D eigenvalue weighted by Gasteiger charge is 2.45. The number of ether oxygens (including phenoxy) is 3. The van der Waals surface area contributed by atoms with Crippen molar-refractivity contribution < 1.29 is 28.6 Å². The normalized spacial score (nSPS) is 18.5. The van der Waals surface area contributed by atoms with Crippen LogP contribution in [0, 0.1) is 17.2 Å². The number of nitriles is 1. The molecule has 29 heavy (non-hydrogen) atoms. The lowest BCUT2D eigenvalue weighted by atomic mass is 9.78. The van der Waals surface area contributed by atoms with Crippen molar-refractivity contribution in [2.45, 2.75) is 19.8 Å². The molecule has 0 unspecified atom stereocenters. The van der Waals surface area contributed by atoms with Gasteiger partial charge in [-0.25, -0.2) is 0 Å².